The van der Waals surface area contributed by atoms with Gasteiger partial charge in [-0.05, 0) is 94.3 Å². The second kappa shape index (κ2) is 15.8. The van der Waals surface area contributed by atoms with Gasteiger partial charge in [-0.15, -0.1) is 0 Å². The fourth-order valence-electron chi connectivity index (χ4n) is 9.52. The molecule has 16 heteroatoms. The van der Waals surface area contributed by atoms with Gasteiger partial charge in [0.25, 0.3) is 17.4 Å². The van der Waals surface area contributed by atoms with E-state index < -0.39 is 29.7 Å². The van der Waals surface area contributed by atoms with Crippen LogP contribution >= 0.6 is 0 Å². The number of hydrogen-bond donors (Lipinski definition) is 2. The molecular weight excluding hydrogens is 757 g/mol. The average Bonchev–Trinajstić information content (AvgIpc) is 3.75. The fraction of sp³-hybridized carbons (Fsp3) is 0.488. The molecule has 1 atom stereocenters. The lowest BCUT2D eigenvalue weighted by Crippen LogP contribution is -2.57. The van der Waals surface area contributed by atoms with Gasteiger partial charge >= 0.3 is 6.03 Å². The molecule has 6 amide bonds. The molecule has 0 saturated carbocycles. The molecule has 5 aliphatic heterocycles. The van der Waals surface area contributed by atoms with E-state index in [1.165, 1.54) is 0 Å². The van der Waals surface area contributed by atoms with Crippen LogP contribution in [0, 0.1) is 5.41 Å². The van der Waals surface area contributed by atoms with Gasteiger partial charge in [-0.25, -0.2) is 4.79 Å². The highest BCUT2D eigenvalue weighted by molar-refractivity contribution is 6.23. The molecule has 3 fully saturated rings. The molecule has 3 aromatic rings. The second-order valence-corrected chi connectivity index (χ2v) is 16.8. The van der Waals surface area contributed by atoms with Crippen LogP contribution in [0.2, 0.25) is 0 Å². The lowest BCUT2D eigenvalue weighted by molar-refractivity contribution is -0.136. The number of imide groups is 2. The summed E-state index contributed by atoms with van der Waals surface area (Å²) >= 11 is 0. The molecule has 0 aliphatic carbocycles. The van der Waals surface area contributed by atoms with Crippen LogP contribution in [-0.4, -0.2) is 134 Å². The topological polar surface area (TPSA) is 166 Å². The van der Waals surface area contributed by atoms with Gasteiger partial charge in [0.05, 0.1) is 37.5 Å². The van der Waals surface area contributed by atoms with Crippen molar-refractivity contribution in [1.29, 1.82) is 0 Å². The van der Waals surface area contributed by atoms with E-state index in [1.807, 2.05) is 38.5 Å². The van der Waals surface area contributed by atoms with E-state index in [2.05, 4.69) is 25.3 Å². The molecule has 312 valence electrons. The quantitative estimate of drug-likeness (QED) is 0.216. The van der Waals surface area contributed by atoms with Gasteiger partial charge in [-0.1, -0.05) is 0 Å². The average molecular weight is 809 g/mol. The Bertz CT molecular complexity index is 2270. The van der Waals surface area contributed by atoms with Crippen molar-refractivity contribution in [3.8, 4) is 22.6 Å². The SMILES string of the molecule is COc1cc(-c2cn(C)c(=O)c3c2CCN(C(=O)NCCCN2CCC4(C2)CN(c2ccc5c(c2)C(=O)N(C2CCC(=O)NC2=O)C5=O)C4)C3)cc(OC)c1CN(C)C. The maximum atomic E-state index is 13.4. The monoisotopic (exact) mass is 808 g/mol. The number of aromatic nitrogens is 1. The molecule has 1 unspecified atom stereocenters. The summed E-state index contributed by atoms with van der Waals surface area (Å²) in [5.41, 5.74) is 5.77. The Morgan fingerprint density at radius 1 is 0.915 bits per heavy atom. The van der Waals surface area contributed by atoms with Crippen LogP contribution in [0.4, 0.5) is 10.5 Å². The molecule has 2 aromatic carbocycles. The van der Waals surface area contributed by atoms with Gasteiger partial charge in [-0.2, -0.15) is 0 Å². The van der Waals surface area contributed by atoms with Crippen molar-refractivity contribution < 1.29 is 33.4 Å². The van der Waals surface area contributed by atoms with Crippen LogP contribution in [-0.2, 0) is 36.1 Å². The second-order valence-electron chi connectivity index (χ2n) is 16.8. The van der Waals surface area contributed by atoms with Gasteiger partial charge in [0.2, 0.25) is 11.8 Å². The van der Waals surface area contributed by atoms with Gasteiger partial charge in [0.1, 0.15) is 17.5 Å². The fourth-order valence-corrected chi connectivity index (χ4v) is 9.52. The number of aryl methyl sites for hydroxylation is 1. The maximum Gasteiger partial charge on any atom is 0.317 e. The van der Waals surface area contributed by atoms with Crippen molar-refractivity contribution in [2.24, 2.45) is 12.5 Å². The van der Waals surface area contributed by atoms with Crippen molar-refractivity contribution in [3.05, 3.63) is 74.7 Å². The zero-order chi connectivity index (χ0) is 41.7. The van der Waals surface area contributed by atoms with Crippen LogP contribution in [0.3, 0.4) is 0 Å². The summed E-state index contributed by atoms with van der Waals surface area (Å²) in [6.07, 6.45) is 4.45. The van der Waals surface area contributed by atoms with Crippen molar-refractivity contribution in [3.63, 3.8) is 0 Å². The number of carbonyl (C=O) groups excluding carboxylic acids is 5. The Hall–Kier alpha value is -5.74. The zero-order valence-corrected chi connectivity index (χ0v) is 34.4. The lowest BCUT2D eigenvalue weighted by Gasteiger charge is -2.49. The minimum absolute atomic E-state index is 0.0808. The number of rotatable bonds is 11. The Kier molecular flexibility index (Phi) is 10.7. The minimum atomic E-state index is -0.987. The molecule has 0 bridgehead atoms. The number of carbonyl (C=O) groups is 5. The van der Waals surface area contributed by atoms with Crippen molar-refractivity contribution >= 4 is 35.3 Å². The number of fused-ring (bicyclic) bond motifs is 2. The first-order valence-electron chi connectivity index (χ1n) is 20.3. The number of urea groups is 1. The number of benzene rings is 2. The maximum absolute atomic E-state index is 13.4. The Balaban J connectivity index is 0.828. The predicted octanol–water partition coefficient (Wildman–Crippen LogP) is 2.20. The molecule has 3 saturated heterocycles. The molecule has 59 heavy (non-hydrogen) atoms. The molecule has 8 rings (SSSR count). The van der Waals surface area contributed by atoms with Crippen molar-refractivity contribution in [1.82, 2.24) is 34.8 Å². The van der Waals surface area contributed by atoms with Gasteiger partial charge in [0, 0.05) is 81.2 Å². The number of likely N-dealkylation sites (tertiary alicyclic amines) is 1. The Labute approximate surface area is 343 Å². The number of piperidine rings is 1. The highest BCUT2D eigenvalue weighted by atomic mass is 16.5. The molecule has 16 nitrogen and oxygen atoms in total. The van der Waals surface area contributed by atoms with Gasteiger partial charge < -0.3 is 39.0 Å². The summed E-state index contributed by atoms with van der Waals surface area (Å²) in [5.74, 6) is -0.603. The number of pyridine rings is 1. The number of ether oxygens (including phenoxy) is 2. The summed E-state index contributed by atoms with van der Waals surface area (Å²) in [7, 11) is 9.01. The van der Waals surface area contributed by atoms with Gasteiger partial charge in [0.15, 0.2) is 0 Å². The highest BCUT2D eigenvalue weighted by Crippen LogP contribution is 2.43. The Morgan fingerprint density at radius 2 is 1.64 bits per heavy atom. The van der Waals surface area contributed by atoms with Crippen LogP contribution in [0.15, 0.2) is 41.3 Å². The van der Waals surface area contributed by atoms with E-state index in [0.717, 1.165) is 78.4 Å². The third-order valence-electron chi connectivity index (χ3n) is 12.5. The van der Waals surface area contributed by atoms with Crippen LogP contribution < -0.4 is 30.6 Å². The molecule has 1 spiro atoms. The van der Waals surface area contributed by atoms with Crippen LogP contribution in [0.1, 0.15) is 63.1 Å². The molecule has 5 aliphatic rings. The first-order valence-corrected chi connectivity index (χ1v) is 20.3. The standard InChI is InChI=1S/C43H52N8O8/c1-46(2)20-33-35(58-4)17-26(18-36(33)59-5)31-21-47(3)39(54)32-22-49(15-11-28(31)32)42(57)44-13-6-14-48-16-12-43(23-48)24-50(25-43)27-7-8-29-30(19-27)41(56)51(40(29)55)34-9-10-37(52)45-38(34)53/h7-8,17-19,21,34H,6,9-16,20,22-25H2,1-5H3,(H,44,57)(H,45,52,53). The van der Waals surface area contributed by atoms with E-state index in [9.17, 15) is 28.8 Å². The number of nitrogens with one attached hydrogen (secondary N) is 2. The number of hydrogen-bond acceptors (Lipinski definition) is 11. The largest absolute Gasteiger partial charge is 0.496 e. The summed E-state index contributed by atoms with van der Waals surface area (Å²) in [4.78, 5) is 86.8. The van der Waals surface area contributed by atoms with Crippen molar-refractivity contribution in [2.45, 2.75) is 51.2 Å². The smallest absolute Gasteiger partial charge is 0.317 e. The summed E-state index contributed by atoms with van der Waals surface area (Å²) in [6.45, 7) is 6.29. The van der Waals surface area contributed by atoms with E-state index in [-0.39, 0.29) is 47.5 Å². The summed E-state index contributed by atoms with van der Waals surface area (Å²) < 4.78 is 13.1. The number of anilines is 1. The first kappa shape index (κ1) is 40.1. The molecule has 0 radical (unpaired) electrons. The third kappa shape index (κ3) is 7.43. The summed E-state index contributed by atoms with van der Waals surface area (Å²) in [5, 5.41) is 5.32. The van der Waals surface area contributed by atoms with Crippen LogP contribution in [0.5, 0.6) is 11.5 Å². The van der Waals surface area contributed by atoms with E-state index in [0.29, 0.717) is 43.1 Å². The number of nitrogens with zero attached hydrogens (tertiary/aromatic N) is 6. The minimum Gasteiger partial charge on any atom is -0.496 e. The molecule has 1 aromatic heterocycles. The molecule has 2 N–H and O–H groups in total. The van der Waals surface area contributed by atoms with Gasteiger partial charge in [-0.3, -0.25) is 34.2 Å². The Morgan fingerprint density at radius 3 is 2.34 bits per heavy atom. The zero-order valence-electron chi connectivity index (χ0n) is 34.4. The van der Waals surface area contributed by atoms with E-state index in [4.69, 9.17) is 9.47 Å². The van der Waals surface area contributed by atoms with E-state index >= 15 is 0 Å². The summed E-state index contributed by atoms with van der Waals surface area (Å²) in [6, 6.07) is 8.09. The third-order valence-corrected chi connectivity index (χ3v) is 12.5. The van der Waals surface area contributed by atoms with Crippen molar-refractivity contribution in [2.75, 3.05) is 79.0 Å². The normalized spacial score (nSPS) is 19.9. The molecule has 6 heterocycles. The first-order chi connectivity index (χ1) is 28.3. The predicted molar refractivity (Wildman–Crippen MR) is 219 cm³/mol. The lowest BCUT2D eigenvalue weighted by atomic mass is 9.78. The number of amides is 6. The van der Waals surface area contributed by atoms with Crippen LogP contribution in [0.25, 0.3) is 11.1 Å². The van der Waals surface area contributed by atoms with E-state index in [1.54, 1.807) is 42.9 Å². The number of methoxy groups -OCH3 is 2. The molecular formula is C43H52N8O8. The highest BCUT2D eigenvalue weighted by Gasteiger charge is 2.49.